The molecular formula is C32H39FN6O2. The van der Waals surface area contributed by atoms with Gasteiger partial charge in [0.05, 0.1) is 16.7 Å². The molecule has 2 aromatic carbocycles. The molecule has 1 aliphatic heterocycles. The van der Waals surface area contributed by atoms with Gasteiger partial charge in [-0.25, -0.2) is 14.4 Å². The van der Waals surface area contributed by atoms with E-state index in [-0.39, 0.29) is 23.1 Å². The number of piperidine rings is 1. The molecule has 1 fully saturated rings. The van der Waals surface area contributed by atoms with Crippen molar-refractivity contribution in [2.75, 3.05) is 23.7 Å². The molecule has 8 nitrogen and oxygen atoms in total. The van der Waals surface area contributed by atoms with Gasteiger partial charge in [0, 0.05) is 37.3 Å². The molecule has 1 amide bonds. The van der Waals surface area contributed by atoms with Crippen molar-refractivity contribution in [3.05, 3.63) is 66.1 Å². The number of carbonyl (C=O) groups is 1. The molecular weight excluding hydrogens is 519 g/mol. The molecule has 0 aliphatic carbocycles. The van der Waals surface area contributed by atoms with E-state index in [2.05, 4.69) is 55.1 Å². The molecule has 9 heteroatoms. The Balaban J connectivity index is 1.28. The highest BCUT2D eigenvalue weighted by molar-refractivity contribution is 5.92. The SMILES string of the molecule is CC(C)N1CCC(C(=O)Nc2cc(Oc3ccc4c(c3)nc(Nc3cc(C(C)(C)C)ccc3F)n4C)ccn2)CC1. The summed E-state index contributed by atoms with van der Waals surface area (Å²) in [5, 5.41) is 6.12. The van der Waals surface area contributed by atoms with E-state index in [0.717, 1.165) is 37.0 Å². The van der Waals surface area contributed by atoms with Gasteiger partial charge in [-0.2, -0.15) is 0 Å². The molecule has 0 radical (unpaired) electrons. The molecule has 2 N–H and O–H groups in total. The molecule has 0 atom stereocenters. The van der Waals surface area contributed by atoms with E-state index in [4.69, 9.17) is 9.72 Å². The molecule has 2 aromatic heterocycles. The van der Waals surface area contributed by atoms with Crippen molar-refractivity contribution in [2.45, 2.75) is 58.9 Å². The summed E-state index contributed by atoms with van der Waals surface area (Å²) in [6.45, 7) is 12.5. The van der Waals surface area contributed by atoms with Crippen LogP contribution in [0, 0.1) is 11.7 Å². The van der Waals surface area contributed by atoms with E-state index >= 15 is 0 Å². The summed E-state index contributed by atoms with van der Waals surface area (Å²) in [4.78, 5) is 24.3. The van der Waals surface area contributed by atoms with Crippen molar-refractivity contribution >= 4 is 34.4 Å². The lowest BCUT2D eigenvalue weighted by molar-refractivity contribution is -0.121. The van der Waals surface area contributed by atoms with Crippen LogP contribution in [-0.4, -0.2) is 44.5 Å². The lowest BCUT2D eigenvalue weighted by atomic mass is 9.87. The standard InChI is InChI=1S/C32H39FN6O2/c1-20(2)39-15-12-21(13-16-39)30(40)37-29-19-24(11-14-34-29)41-23-8-10-28-27(18-23)36-31(38(28)6)35-26-17-22(32(3,4)5)7-9-25(26)33/h7-11,14,17-21H,12-13,15-16H2,1-6H3,(H,35,36)(H,34,37,40). The highest BCUT2D eigenvalue weighted by Crippen LogP contribution is 2.31. The van der Waals surface area contributed by atoms with Gasteiger partial charge in [0.15, 0.2) is 0 Å². The predicted molar refractivity (Wildman–Crippen MR) is 161 cm³/mol. The molecule has 1 saturated heterocycles. The number of imidazole rings is 1. The van der Waals surface area contributed by atoms with Crippen molar-refractivity contribution in [3.63, 3.8) is 0 Å². The number of halogens is 1. The average molecular weight is 559 g/mol. The van der Waals surface area contributed by atoms with Crippen molar-refractivity contribution in [3.8, 4) is 11.5 Å². The number of carbonyl (C=O) groups excluding carboxylic acids is 1. The van der Waals surface area contributed by atoms with Gasteiger partial charge in [-0.15, -0.1) is 0 Å². The zero-order valence-corrected chi connectivity index (χ0v) is 24.7. The number of rotatable bonds is 7. The summed E-state index contributed by atoms with van der Waals surface area (Å²) in [6, 6.07) is 14.7. The predicted octanol–water partition coefficient (Wildman–Crippen LogP) is 7.00. The first-order chi connectivity index (χ1) is 19.5. The molecule has 0 bridgehead atoms. The Hall–Kier alpha value is -3.98. The third kappa shape index (κ3) is 6.51. The molecule has 3 heterocycles. The number of ether oxygens (including phenoxy) is 1. The van der Waals surface area contributed by atoms with Gasteiger partial charge in [0.1, 0.15) is 23.1 Å². The summed E-state index contributed by atoms with van der Waals surface area (Å²) in [6.07, 6.45) is 3.31. The Morgan fingerprint density at radius 3 is 2.49 bits per heavy atom. The van der Waals surface area contributed by atoms with E-state index < -0.39 is 0 Å². The van der Waals surface area contributed by atoms with Crippen LogP contribution in [0.5, 0.6) is 11.5 Å². The van der Waals surface area contributed by atoms with Gasteiger partial charge in [-0.3, -0.25) is 4.79 Å². The second-order valence-electron chi connectivity index (χ2n) is 12.1. The average Bonchev–Trinajstić information content (AvgIpc) is 3.23. The van der Waals surface area contributed by atoms with Crippen LogP contribution in [-0.2, 0) is 17.3 Å². The summed E-state index contributed by atoms with van der Waals surface area (Å²) in [5.41, 5.74) is 2.88. The molecule has 4 aromatic rings. The van der Waals surface area contributed by atoms with Crippen molar-refractivity contribution in [1.82, 2.24) is 19.4 Å². The summed E-state index contributed by atoms with van der Waals surface area (Å²) in [5.74, 6) is 1.77. The third-order valence-corrected chi connectivity index (χ3v) is 7.78. The fourth-order valence-electron chi connectivity index (χ4n) is 5.15. The number of hydrogen-bond donors (Lipinski definition) is 2. The van der Waals surface area contributed by atoms with Gasteiger partial charge in [0.25, 0.3) is 0 Å². The van der Waals surface area contributed by atoms with Gasteiger partial charge >= 0.3 is 0 Å². The fraction of sp³-hybridized carbons (Fsp3) is 0.406. The van der Waals surface area contributed by atoms with E-state index in [1.54, 1.807) is 18.3 Å². The second-order valence-corrected chi connectivity index (χ2v) is 12.1. The first-order valence-corrected chi connectivity index (χ1v) is 14.2. The van der Waals surface area contributed by atoms with Gasteiger partial charge in [-0.05, 0) is 81.1 Å². The van der Waals surface area contributed by atoms with Crippen LogP contribution in [0.3, 0.4) is 0 Å². The van der Waals surface area contributed by atoms with E-state index in [1.807, 2.05) is 41.9 Å². The number of aromatic nitrogens is 3. The molecule has 5 rings (SSSR count). The Labute approximate surface area is 240 Å². The number of fused-ring (bicyclic) bond motifs is 1. The number of benzene rings is 2. The quantitative estimate of drug-likeness (QED) is 0.254. The minimum atomic E-state index is -0.337. The van der Waals surface area contributed by atoms with Crippen molar-refractivity contribution in [1.29, 1.82) is 0 Å². The number of nitrogens with one attached hydrogen (secondary N) is 2. The van der Waals surface area contributed by atoms with Crippen LogP contribution in [0.25, 0.3) is 11.0 Å². The van der Waals surface area contributed by atoms with Crippen LogP contribution >= 0.6 is 0 Å². The first kappa shape index (κ1) is 28.5. The fourth-order valence-corrected chi connectivity index (χ4v) is 5.15. The number of likely N-dealkylation sites (tertiary alicyclic amines) is 1. The van der Waals surface area contributed by atoms with E-state index in [0.29, 0.717) is 40.5 Å². The lowest BCUT2D eigenvalue weighted by Gasteiger charge is -2.33. The van der Waals surface area contributed by atoms with Gasteiger partial charge in [-0.1, -0.05) is 26.8 Å². The summed E-state index contributed by atoms with van der Waals surface area (Å²) < 4.78 is 22.6. The maximum Gasteiger partial charge on any atom is 0.228 e. The molecule has 0 spiro atoms. The Morgan fingerprint density at radius 1 is 1.05 bits per heavy atom. The molecule has 0 unspecified atom stereocenters. The largest absolute Gasteiger partial charge is 0.457 e. The summed E-state index contributed by atoms with van der Waals surface area (Å²) in [7, 11) is 1.88. The van der Waals surface area contributed by atoms with Crippen LogP contribution in [0.2, 0.25) is 0 Å². The van der Waals surface area contributed by atoms with Crippen LogP contribution < -0.4 is 15.4 Å². The zero-order valence-electron chi connectivity index (χ0n) is 24.7. The maximum absolute atomic E-state index is 14.6. The first-order valence-electron chi connectivity index (χ1n) is 14.2. The molecule has 1 aliphatic rings. The Morgan fingerprint density at radius 2 is 1.78 bits per heavy atom. The van der Waals surface area contributed by atoms with Crippen LogP contribution in [0.4, 0.5) is 21.8 Å². The molecule has 0 saturated carbocycles. The van der Waals surface area contributed by atoms with E-state index in [9.17, 15) is 9.18 Å². The van der Waals surface area contributed by atoms with Crippen molar-refractivity contribution in [2.24, 2.45) is 13.0 Å². The van der Waals surface area contributed by atoms with Crippen LogP contribution in [0.1, 0.15) is 53.0 Å². The number of pyridine rings is 1. The highest BCUT2D eigenvalue weighted by atomic mass is 19.1. The Kier molecular flexibility index (Phi) is 8.00. The molecule has 41 heavy (non-hydrogen) atoms. The second kappa shape index (κ2) is 11.5. The van der Waals surface area contributed by atoms with Crippen LogP contribution in [0.15, 0.2) is 54.7 Å². The number of nitrogens with zero attached hydrogens (tertiary/aromatic N) is 4. The minimum absolute atomic E-state index is 0.00235. The number of hydrogen-bond acceptors (Lipinski definition) is 6. The smallest absolute Gasteiger partial charge is 0.228 e. The zero-order chi connectivity index (χ0) is 29.3. The molecule has 216 valence electrons. The normalized spacial score (nSPS) is 14.9. The topological polar surface area (TPSA) is 84.3 Å². The third-order valence-electron chi connectivity index (χ3n) is 7.78. The number of anilines is 3. The maximum atomic E-state index is 14.6. The summed E-state index contributed by atoms with van der Waals surface area (Å²) >= 11 is 0. The highest BCUT2D eigenvalue weighted by Gasteiger charge is 2.26. The lowest BCUT2D eigenvalue weighted by Crippen LogP contribution is -2.41. The van der Waals surface area contributed by atoms with E-state index in [1.165, 1.54) is 6.07 Å². The minimum Gasteiger partial charge on any atom is -0.457 e. The van der Waals surface area contributed by atoms with Gasteiger partial charge < -0.3 is 24.8 Å². The Bertz CT molecular complexity index is 1550. The van der Waals surface area contributed by atoms with Crippen molar-refractivity contribution < 1.29 is 13.9 Å². The number of amides is 1. The number of aryl methyl sites for hydroxylation is 1. The monoisotopic (exact) mass is 558 g/mol. The van der Waals surface area contributed by atoms with Gasteiger partial charge in [0.2, 0.25) is 11.9 Å².